The van der Waals surface area contributed by atoms with Crippen molar-refractivity contribution in [3.05, 3.63) is 65.5 Å². The highest BCUT2D eigenvalue weighted by Gasteiger charge is 2.49. The standard InChI is InChI=1S/C21H27N5O/c1-3-18(27)15-26-19(10-9-16-13-22-25(2)14-16)23-20(24-26)21(11-12-21)17-7-5-4-6-8-17/h4-8,13-14,18,27H,3,9-12,15H2,1-2H3. The van der Waals surface area contributed by atoms with Crippen molar-refractivity contribution < 1.29 is 5.11 Å². The minimum absolute atomic E-state index is 0.0489. The van der Waals surface area contributed by atoms with Gasteiger partial charge in [0, 0.05) is 19.7 Å². The molecule has 2 heterocycles. The molecule has 0 radical (unpaired) electrons. The van der Waals surface area contributed by atoms with Gasteiger partial charge in [-0.15, -0.1) is 0 Å². The van der Waals surface area contributed by atoms with E-state index in [4.69, 9.17) is 10.1 Å². The molecular weight excluding hydrogens is 338 g/mol. The molecule has 27 heavy (non-hydrogen) atoms. The molecule has 0 spiro atoms. The number of hydrogen-bond acceptors (Lipinski definition) is 4. The summed E-state index contributed by atoms with van der Waals surface area (Å²) in [6.07, 6.45) is 8.07. The zero-order valence-electron chi connectivity index (χ0n) is 16.0. The molecule has 0 amide bonds. The van der Waals surface area contributed by atoms with E-state index in [1.54, 1.807) is 0 Å². The van der Waals surface area contributed by atoms with E-state index in [0.717, 1.165) is 37.3 Å². The van der Waals surface area contributed by atoms with Gasteiger partial charge in [0.1, 0.15) is 5.82 Å². The third-order valence-electron chi connectivity index (χ3n) is 5.50. The number of nitrogens with zero attached hydrogens (tertiary/aromatic N) is 5. The Morgan fingerprint density at radius 2 is 1.96 bits per heavy atom. The van der Waals surface area contributed by atoms with E-state index < -0.39 is 6.10 Å². The lowest BCUT2D eigenvalue weighted by molar-refractivity contribution is 0.143. The molecule has 0 bridgehead atoms. The second-order valence-corrected chi connectivity index (χ2v) is 7.57. The van der Waals surface area contributed by atoms with Gasteiger partial charge in [0.15, 0.2) is 5.82 Å². The molecule has 4 rings (SSSR count). The van der Waals surface area contributed by atoms with Gasteiger partial charge in [-0.3, -0.25) is 4.68 Å². The third kappa shape index (κ3) is 3.67. The van der Waals surface area contributed by atoms with Gasteiger partial charge in [0.2, 0.25) is 0 Å². The summed E-state index contributed by atoms with van der Waals surface area (Å²) in [6.45, 7) is 2.49. The first-order valence-electron chi connectivity index (χ1n) is 9.76. The predicted octanol–water partition coefficient (Wildman–Crippen LogP) is 2.65. The lowest BCUT2D eigenvalue weighted by atomic mass is 9.95. The van der Waals surface area contributed by atoms with Crippen molar-refractivity contribution in [1.82, 2.24) is 24.5 Å². The SMILES string of the molecule is CCC(O)Cn1nc(C2(c3ccccc3)CC2)nc1CCc1cnn(C)c1. The average molecular weight is 365 g/mol. The summed E-state index contributed by atoms with van der Waals surface area (Å²) >= 11 is 0. The van der Waals surface area contributed by atoms with E-state index in [9.17, 15) is 5.11 Å². The van der Waals surface area contributed by atoms with Gasteiger partial charge in [-0.05, 0) is 36.8 Å². The quantitative estimate of drug-likeness (QED) is 0.666. The molecule has 1 atom stereocenters. The zero-order valence-corrected chi connectivity index (χ0v) is 16.0. The number of benzene rings is 1. The summed E-state index contributed by atoms with van der Waals surface area (Å²) < 4.78 is 3.74. The number of aromatic nitrogens is 5. The highest BCUT2D eigenvalue weighted by molar-refractivity contribution is 5.39. The third-order valence-corrected chi connectivity index (χ3v) is 5.50. The van der Waals surface area contributed by atoms with E-state index in [1.807, 2.05) is 41.8 Å². The van der Waals surface area contributed by atoms with Crippen LogP contribution in [-0.4, -0.2) is 35.8 Å². The fourth-order valence-electron chi connectivity index (χ4n) is 3.62. The summed E-state index contributed by atoms with van der Waals surface area (Å²) in [5.41, 5.74) is 2.43. The molecule has 0 saturated heterocycles. The fourth-order valence-corrected chi connectivity index (χ4v) is 3.62. The summed E-state index contributed by atoms with van der Waals surface area (Å²) in [6, 6.07) is 10.5. The van der Waals surface area contributed by atoms with Crippen LogP contribution >= 0.6 is 0 Å². The number of hydrogen-bond donors (Lipinski definition) is 1. The van der Waals surface area contributed by atoms with Crippen LogP contribution in [-0.2, 0) is 31.8 Å². The van der Waals surface area contributed by atoms with Crippen molar-refractivity contribution in [3.8, 4) is 0 Å². The molecular formula is C21H27N5O. The molecule has 3 aromatic rings. The number of aryl methyl sites for hydroxylation is 3. The Morgan fingerprint density at radius 3 is 2.59 bits per heavy atom. The molecule has 142 valence electrons. The van der Waals surface area contributed by atoms with Crippen LogP contribution in [0.2, 0.25) is 0 Å². The highest BCUT2D eigenvalue weighted by atomic mass is 16.3. The van der Waals surface area contributed by atoms with Crippen molar-refractivity contribution in [3.63, 3.8) is 0 Å². The Labute approximate surface area is 159 Å². The largest absolute Gasteiger partial charge is 0.391 e. The maximum absolute atomic E-state index is 10.2. The van der Waals surface area contributed by atoms with Crippen molar-refractivity contribution in [1.29, 1.82) is 0 Å². The summed E-state index contributed by atoms with van der Waals surface area (Å²) in [4.78, 5) is 4.94. The van der Waals surface area contributed by atoms with E-state index in [0.29, 0.717) is 13.0 Å². The molecule has 1 fully saturated rings. The summed E-state index contributed by atoms with van der Waals surface area (Å²) in [5.74, 6) is 1.85. The maximum Gasteiger partial charge on any atom is 0.161 e. The van der Waals surface area contributed by atoms with Crippen LogP contribution in [0.1, 0.15) is 49.0 Å². The Morgan fingerprint density at radius 1 is 1.19 bits per heavy atom. The van der Waals surface area contributed by atoms with Crippen LogP contribution in [0.25, 0.3) is 0 Å². The van der Waals surface area contributed by atoms with E-state index in [2.05, 4.69) is 29.4 Å². The number of aliphatic hydroxyl groups is 1. The molecule has 1 saturated carbocycles. The van der Waals surface area contributed by atoms with Crippen LogP contribution in [0, 0.1) is 0 Å². The van der Waals surface area contributed by atoms with Gasteiger partial charge in [-0.25, -0.2) is 9.67 Å². The number of rotatable bonds is 8. The molecule has 1 aliphatic rings. The van der Waals surface area contributed by atoms with Crippen molar-refractivity contribution >= 4 is 0 Å². The van der Waals surface area contributed by atoms with Gasteiger partial charge in [0.25, 0.3) is 0 Å². The summed E-state index contributed by atoms with van der Waals surface area (Å²) in [7, 11) is 1.93. The fraction of sp³-hybridized carbons (Fsp3) is 0.476. The number of aliphatic hydroxyl groups excluding tert-OH is 1. The Kier molecular flexibility index (Phi) is 4.83. The first kappa shape index (κ1) is 17.9. The molecule has 1 aromatic carbocycles. The predicted molar refractivity (Wildman–Crippen MR) is 103 cm³/mol. The van der Waals surface area contributed by atoms with Gasteiger partial charge in [0.05, 0.1) is 24.3 Å². The Balaban J connectivity index is 1.61. The van der Waals surface area contributed by atoms with E-state index in [1.165, 1.54) is 11.1 Å². The van der Waals surface area contributed by atoms with Gasteiger partial charge >= 0.3 is 0 Å². The van der Waals surface area contributed by atoms with Crippen LogP contribution < -0.4 is 0 Å². The van der Waals surface area contributed by atoms with Crippen LogP contribution in [0.15, 0.2) is 42.7 Å². The zero-order chi connectivity index (χ0) is 18.9. The van der Waals surface area contributed by atoms with Crippen LogP contribution in [0.5, 0.6) is 0 Å². The van der Waals surface area contributed by atoms with Crippen LogP contribution in [0.3, 0.4) is 0 Å². The van der Waals surface area contributed by atoms with Crippen LogP contribution in [0.4, 0.5) is 0 Å². The minimum atomic E-state index is -0.399. The van der Waals surface area contributed by atoms with Crippen molar-refractivity contribution in [2.24, 2.45) is 7.05 Å². The highest BCUT2D eigenvalue weighted by Crippen LogP contribution is 2.52. The minimum Gasteiger partial charge on any atom is -0.391 e. The maximum atomic E-state index is 10.2. The summed E-state index contributed by atoms with van der Waals surface area (Å²) in [5, 5.41) is 19.3. The topological polar surface area (TPSA) is 68.8 Å². The molecule has 6 nitrogen and oxygen atoms in total. The first-order valence-corrected chi connectivity index (χ1v) is 9.76. The van der Waals surface area contributed by atoms with E-state index >= 15 is 0 Å². The Bertz CT molecular complexity index is 894. The molecule has 2 aromatic heterocycles. The smallest absolute Gasteiger partial charge is 0.161 e. The van der Waals surface area contributed by atoms with Gasteiger partial charge in [-0.2, -0.15) is 10.2 Å². The molecule has 6 heteroatoms. The second-order valence-electron chi connectivity index (χ2n) is 7.57. The Hall–Kier alpha value is -2.47. The molecule has 1 unspecified atom stereocenters. The van der Waals surface area contributed by atoms with Crippen molar-refractivity contribution in [2.45, 2.75) is 57.1 Å². The lowest BCUT2D eigenvalue weighted by Gasteiger charge is -2.11. The van der Waals surface area contributed by atoms with Crippen molar-refractivity contribution in [2.75, 3.05) is 0 Å². The molecule has 1 aliphatic carbocycles. The average Bonchev–Trinajstić information content (AvgIpc) is 3.25. The monoisotopic (exact) mass is 365 g/mol. The van der Waals surface area contributed by atoms with Gasteiger partial charge < -0.3 is 5.11 Å². The van der Waals surface area contributed by atoms with E-state index in [-0.39, 0.29) is 5.41 Å². The van der Waals surface area contributed by atoms with Gasteiger partial charge in [-0.1, -0.05) is 37.3 Å². The normalized spacial score (nSPS) is 16.4. The lowest BCUT2D eigenvalue weighted by Crippen LogP contribution is -2.19. The molecule has 1 N–H and O–H groups in total. The molecule has 0 aliphatic heterocycles. The second kappa shape index (κ2) is 7.27. The first-order chi connectivity index (χ1) is 13.1.